The maximum atomic E-state index is 12.3. The predicted octanol–water partition coefficient (Wildman–Crippen LogP) is 4.33. The summed E-state index contributed by atoms with van der Waals surface area (Å²) in [5.41, 5.74) is 5.20. The highest BCUT2D eigenvalue weighted by Gasteiger charge is 2.15. The molecule has 0 saturated carbocycles. The molecule has 0 saturated heterocycles. The Morgan fingerprint density at radius 2 is 1.89 bits per heavy atom. The smallest absolute Gasteiger partial charge is 0.263 e. The van der Waals surface area contributed by atoms with Crippen molar-refractivity contribution in [3.05, 3.63) is 82.6 Å². The van der Waals surface area contributed by atoms with Gasteiger partial charge in [-0.05, 0) is 54.4 Å². The quantitative estimate of drug-likeness (QED) is 0.561. The van der Waals surface area contributed by atoms with E-state index in [4.69, 9.17) is 0 Å². The van der Waals surface area contributed by atoms with Crippen LogP contribution in [0.4, 0.5) is 0 Å². The molecule has 2 N–H and O–H groups in total. The van der Waals surface area contributed by atoms with Crippen LogP contribution in [0.2, 0.25) is 0 Å². The molecule has 0 radical (unpaired) electrons. The van der Waals surface area contributed by atoms with Gasteiger partial charge in [0, 0.05) is 12.7 Å². The Hall–Kier alpha value is -3.06. The average molecular weight is 374 g/mol. The first-order valence-electron chi connectivity index (χ1n) is 10.0. The Bertz CT molecular complexity index is 880. The van der Waals surface area contributed by atoms with Crippen molar-refractivity contribution in [1.82, 2.24) is 10.6 Å². The lowest BCUT2D eigenvalue weighted by atomic mass is 9.89. The number of hydrogen-bond donors (Lipinski definition) is 2. The number of carbonyl (C=O) groups is 1. The summed E-state index contributed by atoms with van der Waals surface area (Å²) in [6.07, 6.45) is 7.25. The Labute approximate surface area is 167 Å². The molecule has 28 heavy (non-hydrogen) atoms. The largest absolute Gasteiger partial charge is 0.383 e. The summed E-state index contributed by atoms with van der Waals surface area (Å²) >= 11 is 0. The third kappa shape index (κ3) is 5.01. The molecule has 0 aromatic heterocycles. The summed E-state index contributed by atoms with van der Waals surface area (Å²) in [5, 5.41) is 15.5. The molecule has 4 nitrogen and oxygen atoms in total. The number of aryl methyl sites for hydroxylation is 2. The molecule has 1 aliphatic rings. The van der Waals surface area contributed by atoms with Gasteiger partial charge < -0.3 is 10.6 Å². The van der Waals surface area contributed by atoms with Gasteiger partial charge in [-0.1, -0.05) is 55.5 Å². The van der Waals surface area contributed by atoms with E-state index in [9.17, 15) is 10.1 Å². The van der Waals surface area contributed by atoms with Gasteiger partial charge in [-0.3, -0.25) is 4.79 Å². The zero-order valence-corrected chi connectivity index (χ0v) is 16.4. The molecule has 2 aromatic rings. The minimum absolute atomic E-state index is 0.0810. The van der Waals surface area contributed by atoms with Crippen molar-refractivity contribution in [2.75, 3.05) is 0 Å². The summed E-state index contributed by atoms with van der Waals surface area (Å²) in [6.45, 7) is 2.51. The molecule has 0 bridgehead atoms. The van der Waals surface area contributed by atoms with Gasteiger partial charge in [0.05, 0.1) is 6.04 Å². The van der Waals surface area contributed by atoms with Crippen molar-refractivity contribution in [3.63, 3.8) is 0 Å². The van der Waals surface area contributed by atoms with Gasteiger partial charge in [-0.2, -0.15) is 5.26 Å². The second kappa shape index (κ2) is 9.75. The van der Waals surface area contributed by atoms with Gasteiger partial charge >= 0.3 is 0 Å². The normalized spacial score (nSPS) is 14.5. The van der Waals surface area contributed by atoms with Crippen LogP contribution < -0.4 is 10.6 Å². The van der Waals surface area contributed by atoms with Crippen LogP contribution in [0.3, 0.4) is 0 Å². The van der Waals surface area contributed by atoms with Crippen molar-refractivity contribution in [2.24, 2.45) is 0 Å². The first kappa shape index (κ1) is 19.7. The van der Waals surface area contributed by atoms with E-state index in [1.54, 1.807) is 6.20 Å². The van der Waals surface area contributed by atoms with Crippen LogP contribution in [0.1, 0.15) is 54.5 Å². The molecule has 144 valence electrons. The lowest BCUT2D eigenvalue weighted by Crippen LogP contribution is -2.26. The molecule has 0 fully saturated rings. The first-order chi connectivity index (χ1) is 13.7. The molecule has 3 rings (SSSR count). The van der Waals surface area contributed by atoms with Crippen LogP contribution in [-0.2, 0) is 24.2 Å². The van der Waals surface area contributed by atoms with E-state index in [0.29, 0.717) is 6.54 Å². The predicted molar refractivity (Wildman–Crippen MR) is 111 cm³/mol. The summed E-state index contributed by atoms with van der Waals surface area (Å²) in [7, 11) is 0. The molecule has 1 unspecified atom stereocenters. The number of benzene rings is 2. The highest BCUT2D eigenvalue weighted by molar-refractivity contribution is 5.97. The van der Waals surface area contributed by atoms with Gasteiger partial charge in [0.1, 0.15) is 11.6 Å². The van der Waals surface area contributed by atoms with Crippen molar-refractivity contribution in [1.29, 1.82) is 5.26 Å². The number of nitriles is 1. The zero-order valence-electron chi connectivity index (χ0n) is 16.4. The summed E-state index contributed by atoms with van der Waals surface area (Å²) in [4.78, 5) is 12.3. The molecule has 0 spiro atoms. The minimum atomic E-state index is -0.362. The van der Waals surface area contributed by atoms with Crippen LogP contribution >= 0.6 is 0 Å². The first-order valence-corrected chi connectivity index (χ1v) is 10.0. The summed E-state index contributed by atoms with van der Waals surface area (Å²) in [6, 6.07) is 18.4. The highest BCUT2D eigenvalue weighted by atomic mass is 16.1. The number of nitrogens with one attached hydrogen (secondary N) is 2. The third-order valence-corrected chi connectivity index (χ3v) is 5.27. The van der Waals surface area contributed by atoms with E-state index < -0.39 is 0 Å². The second-order valence-electron chi connectivity index (χ2n) is 7.20. The van der Waals surface area contributed by atoms with Gasteiger partial charge in [0.15, 0.2) is 0 Å². The molecular formula is C24H27N3O. The van der Waals surface area contributed by atoms with Crippen LogP contribution in [0.5, 0.6) is 0 Å². The van der Waals surface area contributed by atoms with Crippen LogP contribution in [0.15, 0.2) is 60.3 Å². The molecule has 1 aliphatic carbocycles. The summed E-state index contributed by atoms with van der Waals surface area (Å²) < 4.78 is 0. The van der Waals surface area contributed by atoms with E-state index >= 15 is 0 Å². The average Bonchev–Trinajstić information content (AvgIpc) is 2.75. The fourth-order valence-electron chi connectivity index (χ4n) is 3.63. The third-order valence-electron chi connectivity index (χ3n) is 5.27. The molecule has 1 atom stereocenters. The van der Waals surface area contributed by atoms with Gasteiger partial charge in [-0.25, -0.2) is 0 Å². The van der Waals surface area contributed by atoms with Crippen LogP contribution in [0.25, 0.3) is 0 Å². The van der Waals surface area contributed by atoms with Gasteiger partial charge in [0.25, 0.3) is 5.91 Å². The lowest BCUT2D eigenvalue weighted by Gasteiger charge is -2.21. The fourth-order valence-corrected chi connectivity index (χ4v) is 3.63. The van der Waals surface area contributed by atoms with Crippen molar-refractivity contribution in [2.45, 2.75) is 51.6 Å². The van der Waals surface area contributed by atoms with E-state index in [-0.39, 0.29) is 17.5 Å². The number of hydrogen-bond acceptors (Lipinski definition) is 3. The van der Waals surface area contributed by atoms with Gasteiger partial charge in [-0.15, -0.1) is 0 Å². The van der Waals surface area contributed by atoms with Crippen LogP contribution in [-0.4, -0.2) is 5.91 Å². The highest BCUT2D eigenvalue weighted by Crippen LogP contribution is 2.26. The molecular weight excluding hydrogens is 346 g/mol. The second-order valence-corrected chi connectivity index (χ2v) is 7.20. The summed E-state index contributed by atoms with van der Waals surface area (Å²) in [5.74, 6) is -0.362. The van der Waals surface area contributed by atoms with Crippen LogP contribution in [0, 0.1) is 11.3 Å². The number of rotatable bonds is 7. The number of carbonyl (C=O) groups excluding carboxylic acids is 1. The standard InChI is InChI=1S/C24H27N3O/c1-2-23(21-13-12-19-10-6-7-11-20(19)14-21)26-17-22(15-25)24(28)27-16-18-8-4-3-5-9-18/h3-5,8-9,12-14,17,23,26H,2,6-7,10-11,16H2,1H3,(H,27,28)/b22-17-. The Morgan fingerprint density at radius 1 is 1.14 bits per heavy atom. The molecule has 4 heteroatoms. The Kier molecular flexibility index (Phi) is 6.86. The van der Waals surface area contributed by atoms with Crippen molar-refractivity contribution in [3.8, 4) is 6.07 Å². The maximum Gasteiger partial charge on any atom is 0.263 e. The van der Waals surface area contributed by atoms with Gasteiger partial charge in [0.2, 0.25) is 0 Å². The lowest BCUT2D eigenvalue weighted by molar-refractivity contribution is -0.117. The van der Waals surface area contributed by atoms with E-state index in [1.807, 2.05) is 36.4 Å². The molecule has 0 heterocycles. The topological polar surface area (TPSA) is 64.9 Å². The fraction of sp³-hybridized carbons (Fsp3) is 0.333. The molecule has 0 aliphatic heterocycles. The number of nitrogens with zero attached hydrogens (tertiary/aromatic N) is 1. The monoisotopic (exact) mass is 373 g/mol. The number of amides is 1. The van der Waals surface area contributed by atoms with E-state index in [0.717, 1.165) is 18.4 Å². The maximum absolute atomic E-state index is 12.3. The minimum Gasteiger partial charge on any atom is -0.383 e. The van der Waals surface area contributed by atoms with Crippen molar-refractivity contribution < 1.29 is 4.79 Å². The Balaban J connectivity index is 1.65. The molecule has 2 aromatic carbocycles. The van der Waals surface area contributed by atoms with E-state index in [2.05, 4.69) is 35.8 Å². The number of fused-ring (bicyclic) bond motifs is 1. The SMILES string of the molecule is CCC(N/C=C(/C#N)C(=O)NCc1ccccc1)c1ccc2c(c1)CCCC2. The molecule has 1 amide bonds. The zero-order chi connectivity index (χ0) is 19.8. The van der Waals surface area contributed by atoms with Crippen molar-refractivity contribution >= 4 is 5.91 Å². The Morgan fingerprint density at radius 3 is 2.61 bits per heavy atom. The van der Waals surface area contributed by atoms with E-state index in [1.165, 1.54) is 36.0 Å².